The molecule has 6 heteroatoms. The molecule has 1 aliphatic rings. The first kappa shape index (κ1) is 21.8. The highest BCUT2D eigenvalue weighted by Gasteiger charge is 2.22. The number of rotatable bonds is 7. The second-order valence-electron chi connectivity index (χ2n) is 8.22. The molecule has 0 spiro atoms. The standard InChI is InChI=1S/C26H30N4O2/c1-21-18-23(11-12-24(21)32-25-10-6-7-13-27-25)28(2)20-26(31)30-16-14-29(15-17-30)19-22-8-4-3-5-9-22/h3-13,18H,14-17,19-20H2,1-2H3. The molecule has 1 aromatic heterocycles. The zero-order chi connectivity index (χ0) is 22.3. The summed E-state index contributed by atoms with van der Waals surface area (Å²) in [5.41, 5.74) is 3.31. The molecule has 1 amide bonds. The van der Waals surface area contributed by atoms with Crippen LogP contribution in [0.25, 0.3) is 0 Å². The Labute approximate surface area is 190 Å². The van der Waals surface area contributed by atoms with Crippen molar-refractivity contribution in [2.24, 2.45) is 0 Å². The van der Waals surface area contributed by atoms with Crippen LogP contribution in [0.4, 0.5) is 5.69 Å². The topological polar surface area (TPSA) is 48.9 Å². The molecular weight excluding hydrogens is 400 g/mol. The summed E-state index contributed by atoms with van der Waals surface area (Å²) in [4.78, 5) is 23.5. The van der Waals surface area contributed by atoms with Crippen LogP contribution in [0.15, 0.2) is 72.9 Å². The van der Waals surface area contributed by atoms with E-state index >= 15 is 0 Å². The van der Waals surface area contributed by atoms with E-state index in [9.17, 15) is 4.79 Å². The minimum absolute atomic E-state index is 0.165. The van der Waals surface area contributed by atoms with Crippen molar-refractivity contribution in [2.45, 2.75) is 13.5 Å². The van der Waals surface area contributed by atoms with Gasteiger partial charge < -0.3 is 14.5 Å². The fourth-order valence-corrected chi connectivity index (χ4v) is 3.90. The van der Waals surface area contributed by atoms with Crippen molar-refractivity contribution in [1.29, 1.82) is 0 Å². The molecule has 3 aromatic rings. The van der Waals surface area contributed by atoms with Crippen molar-refractivity contribution in [3.8, 4) is 11.6 Å². The molecule has 0 radical (unpaired) electrons. The van der Waals surface area contributed by atoms with Gasteiger partial charge in [-0.05, 0) is 42.3 Å². The van der Waals surface area contributed by atoms with Crippen LogP contribution >= 0.6 is 0 Å². The van der Waals surface area contributed by atoms with E-state index in [2.05, 4.69) is 34.1 Å². The fourth-order valence-electron chi connectivity index (χ4n) is 3.90. The lowest BCUT2D eigenvalue weighted by molar-refractivity contribution is -0.131. The molecule has 0 saturated carbocycles. The first-order valence-corrected chi connectivity index (χ1v) is 11.0. The van der Waals surface area contributed by atoms with Gasteiger partial charge in [0, 0.05) is 57.7 Å². The molecule has 0 N–H and O–H groups in total. The van der Waals surface area contributed by atoms with E-state index in [1.807, 2.05) is 66.2 Å². The van der Waals surface area contributed by atoms with E-state index < -0.39 is 0 Å². The predicted molar refractivity (Wildman–Crippen MR) is 127 cm³/mol. The number of pyridine rings is 1. The number of carbonyl (C=O) groups excluding carboxylic acids is 1. The van der Waals surface area contributed by atoms with Gasteiger partial charge in [0.25, 0.3) is 0 Å². The van der Waals surface area contributed by atoms with Crippen molar-refractivity contribution in [1.82, 2.24) is 14.8 Å². The van der Waals surface area contributed by atoms with Gasteiger partial charge in [-0.2, -0.15) is 0 Å². The van der Waals surface area contributed by atoms with Crippen LogP contribution in [0, 0.1) is 6.92 Å². The Kier molecular flexibility index (Phi) is 7.02. The lowest BCUT2D eigenvalue weighted by Gasteiger charge is -2.35. The van der Waals surface area contributed by atoms with Gasteiger partial charge in [-0.15, -0.1) is 0 Å². The highest BCUT2D eigenvalue weighted by atomic mass is 16.5. The molecule has 2 aromatic carbocycles. The first-order valence-electron chi connectivity index (χ1n) is 11.0. The van der Waals surface area contributed by atoms with E-state index in [4.69, 9.17) is 4.74 Å². The molecule has 1 saturated heterocycles. The molecule has 166 valence electrons. The van der Waals surface area contributed by atoms with Crippen molar-refractivity contribution in [3.63, 3.8) is 0 Å². The van der Waals surface area contributed by atoms with Crippen LogP contribution < -0.4 is 9.64 Å². The summed E-state index contributed by atoms with van der Waals surface area (Å²) >= 11 is 0. The Morgan fingerprint density at radius 2 is 1.75 bits per heavy atom. The number of ether oxygens (including phenoxy) is 1. The summed E-state index contributed by atoms with van der Waals surface area (Å²) < 4.78 is 5.86. The van der Waals surface area contributed by atoms with Crippen LogP contribution in [0.5, 0.6) is 11.6 Å². The summed E-state index contributed by atoms with van der Waals surface area (Å²) in [7, 11) is 1.96. The summed E-state index contributed by atoms with van der Waals surface area (Å²) in [6, 6.07) is 22.0. The monoisotopic (exact) mass is 430 g/mol. The van der Waals surface area contributed by atoms with E-state index in [-0.39, 0.29) is 5.91 Å². The number of aromatic nitrogens is 1. The Hall–Kier alpha value is -3.38. The Balaban J connectivity index is 1.28. The van der Waals surface area contributed by atoms with Gasteiger partial charge in [-0.25, -0.2) is 4.98 Å². The second-order valence-corrected chi connectivity index (χ2v) is 8.22. The summed E-state index contributed by atoms with van der Waals surface area (Å²) in [5, 5.41) is 0. The largest absolute Gasteiger partial charge is 0.439 e. The summed E-state index contributed by atoms with van der Waals surface area (Å²) in [6.07, 6.45) is 1.71. The predicted octanol–water partition coefficient (Wildman–Crippen LogP) is 3.96. The van der Waals surface area contributed by atoms with Gasteiger partial charge in [0.05, 0.1) is 6.54 Å². The van der Waals surface area contributed by atoms with Gasteiger partial charge in [-0.1, -0.05) is 36.4 Å². The van der Waals surface area contributed by atoms with E-state index in [0.717, 1.165) is 49.7 Å². The molecular formula is C26H30N4O2. The number of amides is 1. The molecule has 6 nitrogen and oxygen atoms in total. The molecule has 0 atom stereocenters. The third kappa shape index (κ3) is 5.65. The number of anilines is 1. The number of aryl methyl sites for hydroxylation is 1. The SMILES string of the molecule is Cc1cc(N(C)CC(=O)N2CCN(Cc3ccccc3)CC2)ccc1Oc1ccccn1. The lowest BCUT2D eigenvalue weighted by Crippen LogP contribution is -2.50. The highest BCUT2D eigenvalue weighted by Crippen LogP contribution is 2.27. The van der Waals surface area contributed by atoms with Crippen molar-refractivity contribution < 1.29 is 9.53 Å². The molecule has 1 fully saturated rings. The summed E-state index contributed by atoms with van der Waals surface area (Å²) in [6.45, 7) is 6.66. The van der Waals surface area contributed by atoms with Crippen LogP contribution in [0.1, 0.15) is 11.1 Å². The van der Waals surface area contributed by atoms with Gasteiger partial charge in [0.2, 0.25) is 11.8 Å². The van der Waals surface area contributed by atoms with Crippen molar-refractivity contribution >= 4 is 11.6 Å². The zero-order valence-electron chi connectivity index (χ0n) is 18.8. The average Bonchev–Trinajstić information content (AvgIpc) is 2.82. The summed E-state index contributed by atoms with van der Waals surface area (Å²) in [5.74, 6) is 1.50. The smallest absolute Gasteiger partial charge is 0.242 e. The zero-order valence-corrected chi connectivity index (χ0v) is 18.8. The number of benzene rings is 2. The number of hydrogen-bond acceptors (Lipinski definition) is 5. The van der Waals surface area contributed by atoms with Gasteiger partial charge in [0.15, 0.2) is 0 Å². The van der Waals surface area contributed by atoms with Gasteiger partial charge in [0.1, 0.15) is 5.75 Å². The molecule has 0 aliphatic carbocycles. The number of hydrogen-bond donors (Lipinski definition) is 0. The fraction of sp³-hybridized carbons (Fsp3) is 0.308. The Morgan fingerprint density at radius 3 is 2.44 bits per heavy atom. The Bertz CT molecular complexity index is 1020. The number of likely N-dealkylation sites (N-methyl/N-ethyl adjacent to an activating group) is 1. The second kappa shape index (κ2) is 10.3. The minimum atomic E-state index is 0.165. The van der Waals surface area contributed by atoms with Crippen molar-refractivity contribution in [3.05, 3.63) is 84.1 Å². The van der Waals surface area contributed by atoms with Gasteiger partial charge in [-0.3, -0.25) is 9.69 Å². The highest BCUT2D eigenvalue weighted by molar-refractivity contribution is 5.81. The lowest BCUT2D eigenvalue weighted by atomic mass is 10.2. The number of nitrogens with zero attached hydrogens (tertiary/aromatic N) is 4. The van der Waals surface area contributed by atoms with Crippen LogP contribution in [0.3, 0.4) is 0 Å². The number of carbonyl (C=O) groups is 1. The minimum Gasteiger partial charge on any atom is -0.439 e. The molecule has 0 unspecified atom stereocenters. The maximum Gasteiger partial charge on any atom is 0.242 e. The maximum absolute atomic E-state index is 12.9. The quantitative estimate of drug-likeness (QED) is 0.568. The Morgan fingerprint density at radius 1 is 1.00 bits per heavy atom. The van der Waals surface area contributed by atoms with Crippen LogP contribution in [-0.2, 0) is 11.3 Å². The first-order chi connectivity index (χ1) is 15.6. The molecule has 2 heterocycles. The molecule has 32 heavy (non-hydrogen) atoms. The third-order valence-corrected chi connectivity index (χ3v) is 5.80. The molecule has 1 aliphatic heterocycles. The van der Waals surface area contributed by atoms with Crippen LogP contribution in [-0.4, -0.2) is 60.5 Å². The molecule has 4 rings (SSSR count). The normalized spacial score (nSPS) is 14.2. The van der Waals surface area contributed by atoms with E-state index in [1.165, 1.54) is 5.56 Å². The van der Waals surface area contributed by atoms with E-state index in [1.54, 1.807) is 6.20 Å². The third-order valence-electron chi connectivity index (χ3n) is 5.80. The molecule has 0 bridgehead atoms. The van der Waals surface area contributed by atoms with E-state index in [0.29, 0.717) is 12.4 Å². The van der Waals surface area contributed by atoms with Crippen molar-refractivity contribution in [2.75, 3.05) is 44.7 Å². The maximum atomic E-state index is 12.9. The number of piperazine rings is 1. The van der Waals surface area contributed by atoms with Crippen LogP contribution in [0.2, 0.25) is 0 Å². The average molecular weight is 431 g/mol. The van der Waals surface area contributed by atoms with Gasteiger partial charge >= 0.3 is 0 Å².